The predicted octanol–water partition coefficient (Wildman–Crippen LogP) is 4.37. The molecule has 1 N–H and O–H groups in total. The fourth-order valence-electron chi connectivity index (χ4n) is 7.41. The Morgan fingerprint density at radius 2 is 1.14 bits per heavy atom. The molecule has 0 bridgehead atoms. The van der Waals surface area contributed by atoms with Gasteiger partial charge in [-0.2, -0.15) is 0 Å². The van der Waals surface area contributed by atoms with Crippen LogP contribution in [0, 0.1) is 23.2 Å². The molecule has 2 fully saturated rings. The summed E-state index contributed by atoms with van der Waals surface area (Å²) in [4.78, 5) is 43.1. The minimum atomic E-state index is -0.0698. The van der Waals surface area contributed by atoms with Gasteiger partial charge in [-0.25, -0.2) is 0 Å². The maximum Gasteiger partial charge on any atom is 0.229 e. The Labute approximate surface area is 344 Å². The molecule has 3 amide bonds. The third kappa shape index (κ3) is 15.1. The zero-order valence-electron chi connectivity index (χ0n) is 34.4. The van der Waals surface area contributed by atoms with E-state index in [0.717, 1.165) is 74.2 Å². The van der Waals surface area contributed by atoms with Gasteiger partial charge in [0.1, 0.15) is 0 Å². The normalized spacial score (nSPS) is 15.7. The van der Waals surface area contributed by atoms with Crippen molar-refractivity contribution in [3.8, 4) is 11.8 Å². The van der Waals surface area contributed by atoms with E-state index in [4.69, 9.17) is 33.2 Å². The van der Waals surface area contributed by atoms with Gasteiger partial charge in [-0.05, 0) is 55.9 Å². The van der Waals surface area contributed by atoms with Crippen LogP contribution in [0.15, 0.2) is 48.5 Å². The molecule has 1 saturated carbocycles. The average molecular weight is 806 g/mol. The number of ether oxygens (including phenoxy) is 7. The second-order valence-electron chi connectivity index (χ2n) is 15.0. The summed E-state index contributed by atoms with van der Waals surface area (Å²) in [5, 5.41) is 3.03. The van der Waals surface area contributed by atoms with Crippen LogP contribution in [-0.4, -0.2) is 135 Å². The maximum absolute atomic E-state index is 13.5. The van der Waals surface area contributed by atoms with Gasteiger partial charge < -0.3 is 48.3 Å². The quantitative estimate of drug-likeness (QED) is 0.103. The lowest BCUT2D eigenvalue weighted by atomic mass is 9.65. The van der Waals surface area contributed by atoms with Crippen LogP contribution in [0.3, 0.4) is 0 Å². The third-order valence-corrected chi connectivity index (χ3v) is 10.7. The third-order valence-electron chi connectivity index (χ3n) is 10.7. The Kier molecular flexibility index (Phi) is 19.9. The summed E-state index contributed by atoms with van der Waals surface area (Å²) in [5.41, 5.74) is 3.63. The predicted molar refractivity (Wildman–Crippen MR) is 219 cm³/mol. The molecule has 2 heterocycles. The maximum atomic E-state index is 13.5. The number of para-hydroxylation sites is 1. The molecule has 5 rings (SSSR count). The molecule has 1 aliphatic carbocycles. The molecular formula is C45H63N3O10. The molecular weight excluding hydrogens is 743 g/mol. The smallest absolute Gasteiger partial charge is 0.229 e. The van der Waals surface area contributed by atoms with Crippen molar-refractivity contribution < 1.29 is 47.5 Å². The standard InChI is InChI=1S/C45H63N3O10/c1-2-20-52-22-24-54-26-28-56-30-32-58-33-31-57-29-27-55-25-23-53-21-16-42(49)47-35-45(36-47)17-13-39(14-18-45)44(51)46-19-15-43(50)48-34-40-9-4-3-7-37(40)11-12-38-8-5-6-10-41(38)48/h3-10,39H,2,13-36H2,1H3,(H,46,51). The lowest BCUT2D eigenvalue weighted by molar-refractivity contribution is -0.149. The van der Waals surface area contributed by atoms with E-state index in [9.17, 15) is 14.4 Å². The number of rotatable bonds is 27. The molecule has 1 saturated heterocycles. The number of carbonyl (C=O) groups is 3. The van der Waals surface area contributed by atoms with Crippen molar-refractivity contribution in [2.75, 3.05) is 117 Å². The van der Waals surface area contributed by atoms with Crippen molar-refractivity contribution in [3.05, 3.63) is 65.2 Å². The average Bonchev–Trinajstić information content (AvgIpc) is 3.22. The molecule has 318 valence electrons. The van der Waals surface area contributed by atoms with Crippen LogP contribution >= 0.6 is 0 Å². The van der Waals surface area contributed by atoms with Gasteiger partial charge in [0.05, 0.1) is 105 Å². The number of benzene rings is 2. The van der Waals surface area contributed by atoms with Crippen molar-refractivity contribution in [1.29, 1.82) is 0 Å². The molecule has 0 atom stereocenters. The van der Waals surface area contributed by atoms with E-state index in [1.165, 1.54) is 0 Å². The van der Waals surface area contributed by atoms with Crippen molar-refractivity contribution in [3.63, 3.8) is 0 Å². The van der Waals surface area contributed by atoms with Crippen LogP contribution in [-0.2, 0) is 54.1 Å². The number of likely N-dealkylation sites (tertiary alicyclic amines) is 1. The van der Waals surface area contributed by atoms with E-state index >= 15 is 0 Å². The molecule has 13 nitrogen and oxygen atoms in total. The van der Waals surface area contributed by atoms with Gasteiger partial charge in [-0.1, -0.05) is 49.1 Å². The highest BCUT2D eigenvalue weighted by Gasteiger charge is 2.47. The van der Waals surface area contributed by atoms with Gasteiger partial charge in [0.2, 0.25) is 17.7 Å². The number of anilines is 1. The summed E-state index contributed by atoms with van der Waals surface area (Å²) in [6.07, 6.45) is 5.00. The molecule has 2 aromatic rings. The van der Waals surface area contributed by atoms with E-state index in [2.05, 4.69) is 24.1 Å². The van der Waals surface area contributed by atoms with Crippen LogP contribution in [0.5, 0.6) is 0 Å². The van der Waals surface area contributed by atoms with Gasteiger partial charge >= 0.3 is 0 Å². The van der Waals surface area contributed by atoms with E-state index in [1.54, 1.807) is 4.90 Å². The number of hydrogen-bond donors (Lipinski definition) is 1. The first-order chi connectivity index (χ1) is 28.5. The number of fused-ring (bicyclic) bond motifs is 2. The van der Waals surface area contributed by atoms with Gasteiger partial charge in [-0.3, -0.25) is 14.4 Å². The highest BCUT2D eigenvalue weighted by Crippen LogP contribution is 2.45. The van der Waals surface area contributed by atoms with Gasteiger partial charge in [-0.15, -0.1) is 0 Å². The van der Waals surface area contributed by atoms with Gasteiger partial charge in [0, 0.05) is 55.1 Å². The molecule has 1 spiro atoms. The number of nitrogens with zero attached hydrogens (tertiary/aromatic N) is 2. The molecule has 58 heavy (non-hydrogen) atoms. The van der Waals surface area contributed by atoms with Crippen molar-refractivity contribution in [2.45, 2.75) is 58.4 Å². The molecule has 0 unspecified atom stereocenters. The fourth-order valence-corrected chi connectivity index (χ4v) is 7.41. The number of amides is 3. The summed E-state index contributed by atoms with van der Waals surface area (Å²) >= 11 is 0. The highest BCUT2D eigenvalue weighted by molar-refractivity contribution is 5.95. The Morgan fingerprint density at radius 3 is 1.72 bits per heavy atom. The largest absolute Gasteiger partial charge is 0.379 e. The molecule has 13 heteroatoms. The highest BCUT2D eigenvalue weighted by atomic mass is 16.6. The fraction of sp³-hybridized carbons (Fsp3) is 0.622. The lowest BCUT2D eigenvalue weighted by Crippen LogP contribution is -2.60. The van der Waals surface area contributed by atoms with Crippen LogP contribution in [0.4, 0.5) is 5.69 Å². The van der Waals surface area contributed by atoms with Crippen LogP contribution in [0.2, 0.25) is 0 Å². The zero-order chi connectivity index (χ0) is 40.7. The lowest BCUT2D eigenvalue weighted by Gasteiger charge is -2.53. The topological polar surface area (TPSA) is 134 Å². The Hall–Kier alpha value is -3.87. The monoisotopic (exact) mass is 805 g/mol. The Bertz CT molecular complexity index is 1610. The first-order valence-electron chi connectivity index (χ1n) is 21.1. The Balaban J connectivity index is 0.826. The van der Waals surface area contributed by atoms with E-state index in [1.807, 2.05) is 53.4 Å². The first-order valence-corrected chi connectivity index (χ1v) is 21.1. The number of nitrogens with one attached hydrogen (secondary N) is 1. The molecule has 0 aromatic heterocycles. The summed E-state index contributed by atoms with van der Waals surface area (Å²) < 4.78 is 38.4. The first kappa shape index (κ1) is 45.2. The molecule has 3 aliphatic rings. The summed E-state index contributed by atoms with van der Waals surface area (Å²) in [7, 11) is 0. The van der Waals surface area contributed by atoms with Crippen LogP contribution < -0.4 is 10.2 Å². The Morgan fingerprint density at radius 1 is 0.638 bits per heavy atom. The van der Waals surface area contributed by atoms with Crippen molar-refractivity contribution in [2.24, 2.45) is 11.3 Å². The van der Waals surface area contributed by atoms with E-state index in [0.29, 0.717) is 98.9 Å². The molecule has 2 aliphatic heterocycles. The zero-order valence-corrected chi connectivity index (χ0v) is 34.4. The van der Waals surface area contributed by atoms with Crippen molar-refractivity contribution in [1.82, 2.24) is 10.2 Å². The molecule has 2 aromatic carbocycles. The summed E-state index contributed by atoms with van der Waals surface area (Å²) in [6.45, 7) is 11.5. The molecule has 0 radical (unpaired) electrons. The van der Waals surface area contributed by atoms with E-state index < -0.39 is 0 Å². The minimum Gasteiger partial charge on any atom is -0.379 e. The summed E-state index contributed by atoms with van der Waals surface area (Å²) in [6, 6.07) is 15.6. The van der Waals surface area contributed by atoms with Gasteiger partial charge in [0.15, 0.2) is 0 Å². The number of carbonyl (C=O) groups excluding carboxylic acids is 3. The second kappa shape index (κ2) is 25.6. The van der Waals surface area contributed by atoms with Crippen LogP contribution in [0.25, 0.3) is 0 Å². The van der Waals surface area contributed by atoms with Gasteiger partial charge in [0.25, 0.3) is 0 Å². The SMILES string of the molecule is CCCOCCOCCOCCOCCOCCOCCOCCC(=O)N1CC2(CCC(C(=O)NCCC(=O)N3Cc4ccccc4C#Cc4ccccc43)CC2)C1. The van der Waals surface area contributed by atoms with Crippen molar-refractivity contribution >= 4 is 23.4 Å². The van der Waals surface area contributed by atoms with Crippen LogP contribution in [0.1, 0.15) is 68.6 Å². The second-order valence-corrected chi connectivity index (χ2v) is 15.0. The minimum absolute atomic E-state index is 0.0117. The summed E-state index contributed by atoms with van der Waals surface area (Å²) in [5.74, 6) is 6.47. The number of hydrogen-bond acceptors (Lipinski definition) is 10. The van der Waals surface area contributed by atoms with E-state index in [-0.39, 0.29) is 42.0 Å².